The number of halogens is 1. The zero-order chi connectivity index (χ0) is 24.0. The molecule has 4 amide bonds. The van der Waals surface area contributed by atoms with Crippen LogP contribution in [0.1, 0.15) is 20.7 Å². The Morgan fingerprint density at radius 3 is 2.06 bits per heavy atom. The first-order valence-electron chi connectivity index (χ1n) is 9.85. The van der Waals surface area contributed by atoms with Crippen molar-refractivity contribution in [1.29, 1.82) is 0 Å². The molecule has 34 heavy (non-hydrogen) atoms. The molecular weight excluding hydrogens is 498 g/mol. The molecule has 0 unspecified atom stereocenters. The van der Waals surface area contributed by atoms with Gasteiger partial charge in [0, 0.05) is 10.8 Å². The molecule has 0 aliphatic carbocycles. The molecule has 0 radical (unpaired) electrons. The Balaban J connectivity index is 1.48. The van der Waals surface area contributed by atoms with Gasteiger partial charge in [0.05, 0.1) is 26.8 Å². The summed E-state index contributed by atoms with van der Waals surface area (Å²) in [6, 6.07) is 18.2. The van der Waals surface area contributed by atoms with Crippen molar-refractivity contribution in [1.82, 2.24) is 4.72 Å². The highest BCUT2D eigenvalue weighted by atomic mass is 35.5. The molecule has 0 bridgehead atoms. The lowest BCUT2D eigenvalue weighted by atomic mass is 10.1. The maximum absolute atomic E-state index is 13.0. The first-order chi connectivity index (χ1) is 16.3. The van der Waals surface area contributed by atoms with E-state index < -0.39 is 27.9 Å². The van der Waals surface area contributed by atoms with Crippen molar-refractivity contribution in [3.8, 4) is 0 Å². The fourth-order valence-electron chi connectivity index (χ4n) is 3.76. The standard InChI is InChI=1S/C23H14ClN3O5S2/c24-19-11-12-20(33-19)34(31,32)26-23(30)25-17-9-10-18(14-6-2-1-5-13(14)17)27-21(28)15-7-3-4-8-16(15)22(27)29/h1-12H,(H2,25,26,30). The van der Waals surface area contributed by atoms with Gasteiger partial charge in [0.2, 0.25) is 0 Å². The second-order valence-electron chi connectivity index (χ2n) is 7.29. The molecule has 0 saturated carbocycles. The quantitative estimate of drug-likeness (QED) is 0.380. The van der Waals surface area contributed by atoms with Gasteiger partial charge in [0.1, 0.15) is 4.21 Å². The molecule has 2 N–H and O–H groups in total. The van der Waals surface area contributed by atoms with Crippen molar-refractivity contribution in [2.45, 2.75) is 4.21 Å². The highest BCUT2D eigenvalue weighted by molar-refractivity contribution is 7.92. The Hall–Kier alpha value is -3.73. The van der Waals surface area contributed by atoms with Crippen molar-refractivity contribution >= 4 is 73.0 Å². The number of benzene rings is 3. The Morgan fingerprint density at radius 1 is 0.824 bits per heavy atom. The number of nitrogens with one attached hydrogen (secondary N) is 2. The molecule has 11 heteroatoms. The van der Waals surface area contributed by atoms with E-state index in [-0.39, 0.29) is 8.55 Å². The summed E-state index contributed by atoms with van der Waals surface area (Å²) in [5.41, 5.74) is 1.29. The third-order valence-electron chi connectivity index (χ3n) is 5.22. The van der Waals surface area contributed by atoms with Gasteiger partial charge in [0.25, 0.3) is 21.8 Å². The SMILES string of the molecule is O=C(Nc1ccc(N2C(=O)c3ccccc3C2=O)c2ccccc12)NS(=O)(=O)c1ccc(Cl)s1. The van der Waals surface area contributed by atoms with Crippen LogP contribution in [0.2, 0.25) is 4.34 Å². The van der Waals surface area contributed by atoms with Gasteiger partial charge >= 0.3 is 6.03 Å². The van der Waals surface area contributed by atoms with Gasteiger partial charge in [-0.2, -0.15) is 0 Å². The van der Waals surface area contributed by atoms with Crippen LogP contribution in [0.15, 0.2) is 77.0 Å². The maximum Gasteiger partial charge on any atom is 0.333 e. The van der Waals surface area contributed by atoms with E-state index in [9.17, 15) is 22.8 Å². The number of carbonyl (C=O) groups is 3. The first kappa shape index (κ1) is 22.1. The Labute approximate surface area is 202 Å². The molecule has 5 rings (SSSR count). The minimum absolute atomic E-state index is 0.0986. The average Bonchev–Trinajstić information content (AvgIpc) is 3.36. The average molecular weight is 512 g/mol. The van der Waals surface area contributed by atoms with Crippen molar-refractivity contribution in [3.05, 3.63) is 88.3 Å². The van der Waals surface area contributed by atoms with Crippen molar-refractivity contribution in [3.63, 3.8) is 0 Å². The van der Waals surface area contributed by atoms with Crippen LogP contribution in [0.3, 0.4) is 0 Å². The summed E-state index contributed by atoms with van der Waals surface area (Å²) in [5.74, 6) is -0.880. The van der Waals surface area contributed by atoms with E-state index in [4.69, 9.17) is 11.6 Å². The Bertz CT molecular complexity index is 1580. The highest BCUT2D eigenvalue weighted by Gasteiger charge is 2.37. The fraction of sp³-hybridized carbons (Fsp3) is 0. The van der Waals surface area contributed by atoms with E-state index in [1.54, 1.807) is 48.5 Å². The van der Waals surface area contributed by atoms with E-state index >= 15 is 0 Å². The highest BCUT2D eigenvalue weighted by Crippen LogP contribution is 2.36. The van der Waals surface area contributed by atoms with E-state index in [0.717, 1.165) is 16.2 Å². The van der Waals surface area contributed by atoms with Crippen LogP contribution in [-0.2, 0) is 10.0 Å². The largest absolute Gasteiger partial charge is 0.333 e. The van der Waals surface area contributed by atoms with E-state index in [0.29, 0.717) is 33.3 Å². The van der Waals surface area contributed by atoms with Crippen LogP contribution < -0.4 is 14.9 Å². The molecule has 0 spiro atoms. The van der Waals surface area contributed by atoms with Gasteiger partial charge in [-0.25, -0.2) is 22.8 Å². The van der Waals surface area contributed by atoms with Gasteiger partial charge in [-0.15, -0.1) is 11.3 Å². The second kappa shape index (κ2) is 8.24. The number of carbonyl (C=O) groups excluding carboxylic acids is 3. The Kier molecular flexibility index (Phi) is 5.35. The van der Waals surface area contributed by atoms with Gasteiger partial charge in [0.15, 0.2) is 0 Å². The molecule has 1 aliphatic rings. The van der Waals surface area contributed by atoms with Gasteiger partial charge in [-0.3, -0.25) is 9.59 Å². The molecule has 0 saturated heterocycles. The smallest absolute Gasteiger partial charge is 0.307 e. The summed E-state index contributed by atoms with van der Waals surface area (Å²) in [6.45, 7) is 0. The van der Waals surface area contributed by atoms with Crippen LogP contribution in [0, 0.1) is 0 Å². The number of rotatable bonds is 4. The normalized spacial score (nSPS) is 13.3. The summed E-state index contributed by atoms with van der Waals surface area (Å²) >= 11 is 6.61. The molecule has 0 fully saturated rings. The second-order valence-corrected chi connectivity index (χ2v) is 10.9. The third kappa shape index (κ3) is 3.71. The lowest BCUT2D eigenvalue weighted by Gasteiger charge is -2.18. The molecule has 4 aromatic rings. The summed E-state index contributed by atoms with van der Waals surface area (Å²) in [7, 11) is -4.10. The Morgan fingerprint density at radius 2 is 1.44 bits per heavy atom. The molecular formula is C23H14ClN3O5S2. The summed E-state index contributed by atoms with van der Waals surface area (Å²) in [6.07, 6.45) is 0. The number of hydrogen-bond donors (Lipinski definition) is 2. The topological polar surface area (TPSA) is 113 Å². The molecule has 8 nitrogen and oxygen atoms in total. The number of hydrogen-bond acceptors (Lipinski definition) is 6. The van der Waals surface area contributed by atoms with Gasteiger partial charge in [-0.1, -0.05) is 48.0 Å². The number of thiophene rings is 1. The van der Waals surface area contributed by atoms with Gasteiger partial charge < -0.3 is 5.32 Å². The summed E-state index contributed by atoms with van der Waals surface area (Å²) in [5, 5.41) is 3.58. The molecule has 2 heterocycles. The van der Waals surface area contributed by atoms with E-state index in [1.807, 2.05) is 4.72 Å². The van der Waals surface area contributed by atoms with E-state index in [2.05, 4.69) is 5.32 Å². The first-order valence-corrected chi connectivity index (χ1v) is 12.5. The summed E-state index contributed by atoms with van der Waals surface area (Å²) in [4.78, 5) is 39.5. The number of fused-ring (bicyclic) bond motifs is 2. The molecule has 1 aliphatic heterocycles. The number of urea groups is 1. The fourth-order valence-corrected chi connectivity index (χ4v) is 6.15. The molecule has 0 atom stereocenters. The van der Waals surface area contributed by atoms with Crippen LogP contribution in [0.25, 0.3) is 10.8 Å². The number of anilines is 2. The zero-order valence-electron chi connectivity index (χ0n) is 17.1. The number of nitrogens with zero attached hydrogens (tertiary/aromatic N) is 1. The molecule has 1 aromatic heterocycles. The number of amides is 4. The van der Waals surface area contributed by atoms with Crippen LogP contribution in [0.4, 0.5) is 16.2 Å². The predicted octanol–water partition coefficient (Wildman–Crippen LogP) is 4.87. The van der Waals surface area contributed by atoms with Crippen LogP contribution >= 0.6 is 22.9 Å². The lowest BCUT2D eigenvalue weighted by molar-refractivity contribution is 0.0926. The minimum atomic E-state index is -4.10. The number of sulfonamides is 1. The lowest BCUT2D eigenvalue weighted by Crippen LogP contribution is -2.34. The minimum Gasteiger partial charge on any atom is -0.307 e. The van der Waals surface area contributed by atoms with Crippen LogP contribution in [0.5, 0.6) is 0 Å². The van der Waals surface area contributed by atoms with E-state index in [1.165, 1.54) is 24.3 Å². The monoisotopic (exact) mass is 511 g/mol. The maximum atomic E-state index is 13.0. The van der Waals surface area contributed by atoms with Crippen molar-refractivity contribution < 1.29 is 22.8 Å². The molecule has 3 aromatic carbocycles. The summed E-state index contributed by atoms with van der Waals surface area (Å²) < 4.78 is 27.0. The van der Waals surface area contributed by atoms with Gasteiger partial charge in [-0.05, 0) is 36.4 Å². The van der Waals surface area contributed by atoms with Crippen molar-refractivity contribution in [2.24, 2.45) is 0 Å². The van der Waals surface area contributed by atoms with Crippen molar-refractivity contribution in [2.75, 3.05) is 10.2 Å². The third-order valence-corrected chi connectivity index (χ3v) is 8.28. The zero-order valence-corrected chi connectivity index (χ0v) is 19.5. The molecule has 170 valence electrons. The van der Waals surface area contributed by atoms with Crippen LogP contribution in [-0.4, -0.2) is 26.3 Å². The number of imide groups is 1. The predicted molar refractivity (Wildman–Crippen MR) is 130 cm³/mol.